The van der Waals surface area contributed by atoms with Crippen molar-refractivity contribution >= 4 is 5.91 Å². The first-order chi connectivity index (χ1) is 8.24. The van der Waals surface area contributed by atoms with Gasteiger partial charge in [-0.3, -0.25) is 10.2 Å². The first-order valence-electron chi connectivity index (χ1n) is 5.34. The number of hydrogen-bond donors (Lipinski definition) is 2. The molecule has 90 valence electrons. The van der Waals surface area contributed by atoms with Gasteiger partial charge in [-0.05, 0) is 12.1 Å². The van der Waals surface area contributed by atoms with Gasteiger partial charge in [-0.1, -0.05) is 6.92 Å². The van der Waals surface area contributed by atoms with E-state index in [1.54, 1.807) is 18.3 Å². The van der Waals surface area contributed by atoms with Gasteiger partial charge in [0.2, 0.25) is 0 Å². The Balaban J connectivity index is 2.14. The molecule has 3 N–H and O–H groups in total. The SMILES string of the molecule is CCc1nccn1Cc1ccc(C(=O)NN)o1. The van der Waals surface area contributed by atoms with Gasteiger partial charge in [-0.2, -0.15) is 0 Å². The number of aryl methyl sites for hydroxylation is 1. The molecule has 0 saturated carbocycles. The molecule has 0 fully saturated rings. The van der Waals surface area contributed by atoms with Crippen LogP contribution in [0.2, 0.25) is 0 Å². The largest absolute Gasteiger partial charge is 0.454 e. The van der Waals surface area contributed by atoms with Gasteiger partial charge < -0.3 is 8.98 Å². The maximum atomic E-state index is 11.2. The van der Waals surface area contributed by atoms with Gasteiger partial charge >= 0.3 is 5.91 Å². The van der Waals surface area contributed by atoms with Crippen molar-refractivity contribution in [1.82, 2.24) is 15.0 Å². The zero-order chi connectivity index (χ0) is 12.3. The van der Waals surface area contributed by atoms with Gasteiger partial charge in [0.1, 0.15) is 11.6 Å². The van der Waals surface area contributed by atoms with Gasteiger partial charge in [0.15, 0.2) is 5.76 Å². The van der Waals surface area contributed by atoms with Crippen LogP contribution in [0.25, 0.3) is 0 Å². The summed E-state index contributed by atoms with van der Waals surface area (Å²) in [7, 11) is 0. The quantitative estimate of drug-likeness (QED) is 0.463. The summed E-state index contributed by atoms with van der Waals surface area (Å²) in [5.41, 5.74) is 2.02. The number of carbonyl (C=O) groups excluding carboxylic acids is 1. The van der Waals surface area contributed by atoms with Gasteiger partial charge in [0.25, 0.3) is 0 Å². The third-order valence-corrected chi connectivity index (χ3v) is 2.46. The Morgan fingerprint density at radius 1 is 1.59 bits per heavy atom. The molecule has 0 radical (unpaired) electrons. The number of aromatic nitrogens is 2. The van der Waals surface area contributed by atoms with Crippen LogP contribution < -0.4 is 11.3 Å². The number of nitrogens with zero attached hydrogens (tertiary/aromatic N) is 2. The number of rotatable bonds is 4. The molecule has 17 heavy (non-hydrogen) atoms. The van der Waals surface area contributed by atoms with Gasteiger partial charge in [0.05, 0.1) is 6.54 Å². The zero-order valence-corrected chi connectivity index (χ0v) is 9.51. The van der Waals surface area contributed by atoms with Gasteiger partial charge in [-0.15, -0.1) is 0 Å². The highest BCUT2D eigenvalue weighted by Gasteiger charge is 2.10. The Hall–Kier alpha value is -2.08. The van der Waals surface area contributed by atoms with E-state index in [0.717, 1.165) is 12.2 Å². The van der Waals surface area contributed by atoms with E-state index >= 15 is 0 Å². The molecule has 2 rings (SSSR count). The lowest BCUT2D eigenvalue weighted by Gasteiger charge is -2.03. The maximum absolute atomic E-state index is 11.2. The van der Waals surface area contributed by atoms with Crippen LogP contribution in [0, 0.1) is 0 Å². The zero-order valence-electron chi connectivity index (χ0n) is 9.51. The average Bonchev–Trinajstić information content (AvgIpc) is 2.97. The Bertz CT molecular complexity index is 515. The number of nitrogens with one attached hydrogen (secondary N) is 1. The molecule has 0 aromatic carbocycles. The highest BCUT2D eigenvalue weighted by molar-refractivity contribution is 5.90. The van der Waals surface area contributed by atoms with Crippen LogP contribution in [-0.4, -0.2) is 15.5 Å². The second kappa shape index (κ2) is 4.84. The van der Waals surface area contributed by atoms with Crippen molar-refractivity contribution in [1.29, 1.82) is 0 Å². The van der Waals surface area contributed by atoms with Crippen molar-refractivity contribution in [2.45, 2.75) is 19.9 Å². The summed E-state index contributed by atoms with van der Waals surface area (Å²) in [6, 6.07) is 3.35. The number of imidazole rings is 1. The third-order valence-electron chi connectivity index (χ3n) is 2.46. The molecule has 0 aliphatic carbocycles. The normalized spacial score (nSPS) is 10.5. The Kier molecular flexibility index (Phi) is 3.24. The van der Waals surface area contributed by atoms with Crippen molar-refractivity contribution in [2.24, 2.45) is 5.84 Å². The molecule has 0 atom stereocenters. The number of nitrogen functional groups attached to an aromatic ring is 1. The summed E-state index contributed by atoms with van der Waals surface area (Å²) in [5, 5.41) is 0. The van der Waals surface area contributed by atoms with E-state index in [1.807, 2.05) is 23.1 Å². The number of hydrazine groups is 1. The van der Waals surface area contributed by atoms with Crippen molar-refractivity contribution in [3.8, 4) is 0 Å². The second-order valence-corrected chi connectivity index (χ2v) is 3.56. The van der Waals surface area contributed by atoms with Crippen LogP contribution in [-0.2, 0) is 13.0 Å². The minimum atomic E-state index is -0.433. The molecule has 0 aliphatic heterocycles. The topological polar surface area (TPSA) is 86.1 Å². The van der Waals surface area contributed by atoms with E-state index < -0.39 is 5.91 Å². The van der Waals surface area contributed by atoms with Crippen LogP contribution in [0.15, 0.2) is 28.9 Å². The number of amides is 1. The molecular formula is C11H14N4O2. The minimum absolute atomic E-state index is 0.209. The number of furan rings is 1. The highest BCUT2D eigenvalue weighted by atomic mass is 16.4. The number of hydrogen-bond acceptors (Lipinski definition) is 4. The maximum Gasteiger partial charge on any atom is 0.300 e. The predicted molar refractivity (Wildman–Crippen MR) is 61.1 cm³/mol. The van der Waals surface area contributed by atoms with Crippen LogP contribution in [0.1, 0.15) is 29.1 Å². The number of nitrogens with two attached hydrogens (primary N) is 1. The van der Waals surface area contributed by atoms with Crippen molar-refractivity contribution in [3.05, 3.63) is 41.9 Å². The van der Waals surface area contributed by atoms with Crippen LogP contribution >= 0.6 is 0 Å². The summed E-state index contributed by atoms with van der Waals surface area (Å²) >= 11 is 0. The molecule has 6 heteroatoms. The van der Waals surface area contributed by atoms with E-state index in [4.69, 9.17) is 10.3 Å². The van der Waals surface area contributed by atoms with Crippen molar-refractivity contribution in [2.75, 3.05) is 0 Å². The highest BCUT2D eigenvalue weighted by Crippen LogP contribution is 2.11. The molecule has 2 heterocycles. The predicted octanol–water partition coefficient (Wildman–Crippen LogP) is 0.690. The van der Waals surface area contributed by atoms with Crippen LogP contribution in [0.5, 0.6) is 0 Å². The summed E-state index contributed by atoms with van der Waals surface area (Å²) in [6.45, 7) is 2.59. The fourth-order valence-corrected chi connectivity index (χ4v) is 1.62. The van der Waals surface area contributed by atoms with E-state index in [1.165, 1.54) is 0 Å². The lowest BCUT2D eigenvalue weighted by atomic mass is 10.4. The van der Waals surface area contributed by atoms with Gasteiger partial charge in [-0.25, -0.2) is 10.8 Å². The summed E-state index contributed by atoms with van der Waals surface area (Å²) < 4.78 is 7.34. The van der Waals surface area contributed by atoms with E-state index in [2.05, 4.69) is 4.98 Å². The first-order valence-corrected chi connectivity index (χ1v) is 5.34. The van der Waals surface area contributed by atoms with E-state index in [9.17, 15) is 4.79 Å². The van der Waals surface area contributed by atoms with E-state index in [-0.39, 0.29) is 5.76 Å². The lowest BCUT2D eigenvalue weighted by molar-refractivity contribution is 0.0924. The molecular weight excluding hydrogens is 220 g/mol. The van der Waals surface area contributed by atoms with Crippen molar-refractivity contribution in [3.63, 3.8) is 0 Å². The Morgan fingerprint density at radius 3 is 3.12 bits per heavy atom. The van der Waals surface area contributed by atoms with E-state index in [0.29, 0.717) is 12.3 Å². The summed E-state index contributed by atoms with van der Waals surface area (Å²) in [4.78, 5) is 15.4. The summed E-state index contributed by atoms with van der Waals surface area (Å²) in [6.07, 6.45) is 4.48. The molecule has 0 unspecified atom stereocenters. The first kappa shape index (κ1) is 11.4. The molecule has 1 amide bonds. The number of carbonyl (C=O) groups is 1. The fourth-order valence-electron chi connectivity index (χ4n) is 1.62. The second-order valence-electron chi connectivity index (χ2n) is 3.56. The standard InChI is InChI=1S/C11H14N4O2/c1-2-10-13-5-6-15(10)7-8-3-4-9(17-8)11(16)14-12/h3-6H,2,7,12H2,1H3,(H,14,16). The molecule has 0 spiro atoms. The Morgan fingerprint density at radius 2 is 2.41 bits per heavy atom. The molecule has 0 saturated heterocycles. The molecule has 0 aliphatic rings. The molecule has 2 aromatic rings. The molecule has 2 aromatic heterocycles. The molecule has 0 bridgehead atoms. The Labute approximate surface area is 98.4 Å². The lowest BCUT2D eigenvalue weighted by Crippen LogP contribution is -2.29. The van der Waals surface area contributed by atoms with Gasteiger partial charge in [0, 0.05) is 18.8 Å². The summed E-state index contributed by atoms with van der Waals surface area (Å²) in [5.74, 6) is 6.47. The monoisotopic (exact) mass is 234 g/mol. The smallest absolute Gasteiger partial charge is 0.300 e. The van der Waals surface area contributed by atoms with Crippen molar-refractivity contribution < 1.29 is 9.21 Å². The minimum Gasteiger partial charge on any atom is -0.454 e. The third kappa shape index (κ3) is 2.36. The van der Waals surface area contributed by atoms with Crippen LogP contribution in [0.3, 0.4) is 0 Å². The van der Waals surface area contributed by atoms with Crippen LogP contribution in [0.4, 0.5) is 0 Å². The average molecular weight is 234 g/mol. The fraction of sp³-hybridized carbons (Fsp3) is 0.273. The molecule has 6 nitrogen and oxygen atoms in total.